The number of nitrogens with zero attached hydrogens (tertiary/aromatic N) is 3. The highest BCUT2D eigenvalue weighted by molar-refractivity contribution is 7.91. The topological polar surface area (TPSA) is 89.2 Å². The van der Waals surface area contributed by atoms with Gasteiger partial charge < -0.3 is 5.73 Å². The number of nitrogens with two attached hydrogens (primary N) is 1. The van der Waals surface area contributed by atoms with E-state index in [-0.39, 0.29) is 6.04 Å². The molecule has 0 saturated heterocycles. The minimum Gasteiger partial charge on any atom is -0.383 e. The molecule has 0 amide bonds. The van der Waals surface area contributed by atoms with Crippen LogP contribution in [0.15, 0.2) is 24.3 Å². The summed E-state index contributed by atoms with van der Waals surface area (Å²) in [4.78, 5) is 10.7. The van der Waals surface area contributed by atoms with Crippen molar-refractivity contribution in [1.82, 2.24) is 14.9 Å². The van der Waals surface area contributed by atoms with Crippen LogP contribution in [0.25, 0.3) is 10.9 Å². The lowest BCUT2D eigenvalue weighted by molar-refractivity contribution is 0.240. The van der Waals surface area contributed by atoms with Gasteiger partial charge in [-0.25, -0.2) is 18.4 Å². The molecule has 2 aromatic rings. The van der Waals surface area contributed by atoms with E-state index >= 15 is 0 Å². The molecule has 0 unspecified atom stereocenters. The Morgan fingerprint density at radius 2 is 1.86 bits per heavy atom. The van der Waals surface area contributed by atoms with Crippen LogP contribution in [0.2, 0.25) is 0 Å². The zero-order valence-electron chi connectivity index (χ0n) is 13.3. The van der Waals surface area contributed by atoms with Crippen molar-refractivity contribution in [1.29, 1.82) is 0 Å². The maximum absolute atomic E-state index is 11.7. The number of nitrogen functional groups attached to an aromatic ring is 1. The Labute approximate surface area is 131 Å². The van der Waals surface area contributed by atoms with Crippen LogP contribution in [-0.4, -0.2) is 47.9 Å². The van der Waals surface area contributed by atoms with Crippen molar-refractivity contribution in [2.45, 2.75) is 31.7 Å². The molecule has 0 bridgehead atoms. The second-order valence-electron chi connectivity index (χ2n) is 5.73. The molecule has 6 nitrogen and oxygen atoms in total. The highest BCUT2D eigenvalue weighted by Gasteiger charge is 2.25. The zero-order chi connectivity index (χ0) is 16.5. The van der Waals surface area contributed by atoms with Gasteiger partial charge in [0.25, 0.3) is 0 Å². The fraction of sp³-hybridized carbons (Fsp3) is 0.467. The average Bonchev–Trinajstić information content (AvgIpc) is 2.44. The number of hydrogen-bond donors (Lipinski definition) is 1. The van der Waals surface area contributed by atoms with Crippen LogP contribution in [0.1, 0.15) is 19.7 Å². The van der Waals surface area contributed by atoms with Gasteiger partial charge in [-0.15, -0.1) is 0 Å². The number of para-hydroxylation sites is 1. The van der Waals surface area contributed by atoms with Crippen LogP contribution in [0, 0.1) is 0 Å². The summed E-state index contributed by atoms with van der Waals surface area (Å²) in [6.07, 6.45) is 1.26. The number of rotatable bonds is 5. The van der Waals surface area contributed by atoms with Crippen LogP contribution in [0.5, 0.6) is 0 Å². The highest BCUT2D eigenvalue weighted by atomic mass is 32.2. The van der Waals surface area contributed by atoms with E-state index in [1.54, 1.807) is 6.92 Å². The largest absolute Gasteiger partial charge is 0.383 e. The first kappa shape index (κ1) is 16.6. The maximum Gasteiger partial charge on any atom is 0.151 e. The molecule has 0 spiro atoms. The van der Waals surface area contributed by atoms with Gasteiger partial charge in [0.15, 0.2) is 9.84 Å². The summed E-state index contributed by atoms with van der Waals surface area (Å²) in [7, 11) is -1.23. The molecular formula is C15H22N4O2S. The van der Waals surface area contributed by atoms with Crippen molar-refractivity contribution >= 4 is 26.6 Å². The van der Waals surface area contributed by atoms with Crippen LogP contribution in [-0.2, 0) is 16.4 Å². The Morgan fingerprint density at radius 3 is 2.50 bits per heavy atom. The van der Waals surface area contributed by atoms with Gasteiger partial charge >= 0.3 is 0 Å². The van der Waals surface area contributed by atoms with E-state index in [0.717, 1.165) is 10.9 Å². The van der Waals surface area contributed by atoms with Crippen LogP contribution >= 0.6 is 0 Å². The van der Waals surface area contributed by atoms with E-state index in [9.17, 15) is 8.42 Å². The van der Waals surface area contributed by atoms with Gasteiger partial charge in [-0.3, -0.25) is 4.90 Å². The number of sulfone groups is 1. The first-order valence-electron chi connectivity index (χ1n) is 7.10. The van der Waals surface area contributed by atoms with E-state index < -0.39 is 15.1 Å². The van der Waals surface area contributed by atoms with Crippen molar-refractivity contribution in [2.75, 3.05) is 19.0 Å². The fourth-order valence-electron chi connectivity index (χ4n) is 2.30. The minimum atomic E-state index is -3.09. The third-order valence-electron chi connectivity index (χ3n) is 4.12. The third kappa shape index (κ3) is 3.53. The van der Waals surface area contributed by atoms with Crippen molar-refractivity contribution in [3.8, 4) is 0 Å². The second-order valence-corrected chi connectivity index (χ2v) is 8.14. The van der Waals surface area contributed by atoms with Gasteiger partial charge in [0.1, 0.15) is 11.6 Å². The lowest BCUT2D eigenvalue weighted by Gasteiger charge is -2.28. The summed E-state index contributed by atoms with van der Waals surface area (Å²) in [5.74, 6) is 1.03. The highest BCUT2D eigenvalue weighted by Crippen LogP contribution is 2.18. The molecule has 120 valence electrons. The lowest BCUT2D eigenvalue weighted by Crippen LogP contribution is -2.41. The number of hydrogen-bond acceptors (Lipinski definition) is 6. The molecule has 0 fully saturated rings. The molecule has 2 atom stereocenters. The van der Waals surface area contributed by atoms with Gasteiger partial charge in [0.2, 0.25) is 0 Å². The van der Waals surface area contributed by atoms with Gasteiger partial charge in [-0.1, -0.05) is 12.1 Å². The Hall–Kier alpha value is -1.73. The van der Waals surface area contributed by atoms with E-state index in [4.69, 9.17) is 5.73 Å². The number of aromatic nitrogens is 2. The first-order valence-corrected chi connectivity index (χ1v) is 9.06. The van der Waals surface area contributed by atoms with E-state index in [0.29, 0.717) is 18.2 Å². The molecule has 1 aromatic heterocycles. The van der Waals surface area contributed by atoms with Crippen LogP contribution in [0.3, 0.4) is 0 Å². The Kier molecular flexibility index (Phi) is 4.67. The minimum absolute atomic E-state index is 0.147. The summed E-state index contributed by atoms with van der Waals surface area (Å²) in [5.41, 5.74) is 6.77. The standard InChI is InChI=1S/C15H22N4O2S/c1-10(11(2)22(4,20)21)19(3)9-14-17-13-8-6-5-7-12(13)15(16)18-14/h5-8,10-11H,9H2,1-4H3,(H2,16,17,18)/t10-,11-/m1/s1. The van der Waals surface area contributed by atoms with Crippen molar-refractivity contribution in [3.05, 3.63) is 30.1 Å². The predicted molar refractivity (Wildman–Crippen MR) is 89.2 cm³/mol. The predicted octanol–water partition coefficient (Wildman–Crippen LogP) is 1.47. The molecule has 22 heavy (non-hydrogen) atoms. The Bertz CT molecular complexity index is 776. The van der Waals surface area contributed by atoms with Crippen molar-refractivity contribution in [2.24, 2.45) is 0 Å². The lowest BCUT2D eigenvalue weighted by atomic mass is 10.2. The van der Waals surface area contributed by atoms with E-state index in [1.165, 1.54) is 6.26 Å². The van der Waals surface area contributed by atoms with Crippen LogP contribution < -0.4 is 5.73 Å². The molecule has 0 radical (unpaired) electrons. The Morgan fingerprint density at radius 1 is 1.23 bits per heavy atom. The first-order chi connectivity index (χ1) is 10.2. The molecule has 0 aliphatic carbocycles. The number of anilines is 1. The summed E-state index contributed by atoms with van der Waals surface area (Å²) < 4.78 is 23.4. The third-order valence-corrected chi connectivity index (χ3v) is 5.86. The van der Waals surface area contributed by atoms with Crippen LogP contribution in [0.4, 0.5) is 5.82 Å². The number of fused-ring (bicyclic) bond motifs is 1. The molecule has 0 aliphatic rings. The van der Waals surface area contributed by atoms with E-state index in [2.05, 4.69) is 9.97 Å². The molecule has 0 saturated carbocycles. The summed E-state index contributed by atoms with van der Waals surface area (Å²) >= 11 is 0. The Balaban J connectivity index is 2.23. The normalized spacial score (nSPS) is 15.1. The van der Waals surface area contributed by atoms with Gasteiger partial charge in [0.05, 0.1) is 17.3 Å². The zero-order valence-corrected chi connectivity index (χ0v) is 14.1. The van der Waals surface area contributed by atoms with Crippen molar-refractivity contribution < 1.29 is 8.42 Å². The molecule has 1 aromatic carbocycles. The quantitative estimate of drug-likeness (QED) is 0.896. The monoisotopic (exact) mass is 322 g/mol. The maximum atomic E-state index is 11.7. The summed E-state index contributed by atoms with van der Waals surface area (Å²) in [6.45, 7) is 4.04. The molecule has 0 aliphatic heterocycles. The summed E-state index contributed by atoms with van der Waals surface area (Å²) in [5, 5.41) is 0.363. The summed E-state index contributed by atoms with van der Waals surface area (Å²) in [6, 6.07) is 7.41. The number of benzene rings is 1. The SMILES string of the molecule is C[C@H]([C@@H](C)S(C)(=O)=O)N(C)Cc1nc(N)c2ccccc2n1. The van der Waals surface area contributed by atoms with Crippen molar-refractivity contribution in [3.63, 3.8) is 0 Å². The molecule has 2 N–H and O–H groups in total. The average molecular weight is 322 g/mol. The fourth-order valence-corrected chi connectivity index (χ4v) is 3.23. The van der Waals surface area contributed by atoms with Gasteiger partial charge in [-0.2, -0.15) is 0 Å². The molecule has 7 heteroatoms. The molecule has 2 rings (SSSR count). The smallest absolute Gasteiger partial charge is 0.151 e. The second kappa shape index (κ2) is 6.18. The van der Waals surface area contributed by atoms with Gasteiger partial charge in [0, 0.05) is 17.7 Å². The van der Waals surface area contributed by atoms with E-state index in [1.807, 2.05) is 43.1 Å². The molecule has 1 heterocycles. The van der Waals surface area contributed by atoms with Gasteiger partial charge in [-0.05, 0) is 33.0 Å². The molecular weight excluding hydrogens is 300 g/mol.